The van der Waals surface area contributed by atoms with Crippen LogP contribution in [-0.4, -0.2) is 11.8 Å². The van der Waals surface area contributed by atoms with Crippen molar-refractivity contribution in [3.63, 3.8) is 0 Å². The molecule has 2 unspecified atom stereocenters. The molecule has 1 aliphatic heterocycles. The summed E-state index contributed by atoms with van der Waals surface area (Å²) in [6, 6.07) is 23.0. The molecule has 39 heavy (non-hydrogen) atoms. The Balaban J connectivity index is 1.85. The van der Waals surface area contributed by atoms with E-state index in [9.17, 15) is 33.3 Å². The van der Waals surface area contributed by atoms with E-state index in [1.54, 1.807) is 31.2 Å². The fourth-order valence-electron chi connectivity index (χ4n) is 4.77. The molecule has 6 nitrogen and oxygen atoms in total. The van der Waals surface area contributed by atoms with E-state index in [4.69, 9.17) is 0 Å². The molecule has 4 rings (SSSR count). The Labute approximate surface area is 223 Å². The lowest BCUT2D eigenvalue weighted by Crippen LogP contribution is -2.50. The smallest absolute Gasteiger partial charge is 0.349 e. The number of nitrogens with one attached hydrogen (secondary N) is 1. The molecule has 3 atom stereocenters. The number of anilines is 1. The average Bonchev–Trinajstić information content (AvgIpc) is 2.93. The molecule has 0 bridgehead atoms. The topological polar surface area (TPSA) is 97.0 Å². The van der Waals surface area contributed by atoms with Crippen LogP contribution in [-0.2, 0) is 15.8 Å². The summed E-state index contributed by atoms with van der Waals surface area (Å²) in [5, 5.41) is 22.2. The first-order chi connectivity index (χ1) is 18.6. The van der Waals surface area contributed by atoms with E-state index in [0.717, 1.165) is 22.6 Å². The lowest BCUT2D eigenvalue weighted by atomic mass is 9.75. The van der Waals surface area contributed by atoms with Crippen LogP contribution >= 0.6 is 0 Å². The lowest BCUT2D eigenvalue weighted by molar-refractivity contribution is -0.138. The summed E-state index contributed by atoms with van der Waals surface area (Å²) in [5.41, 5.74) is 0.699. The number of carbonyl (C=O) groups is 2. The molecular weight excluding hydrogens is 505 g/mol. The van der Waals surface area contributed by atoms with Crippen LogP contribution in [0.4, 0.5) is 18.9 Å². The maximum absolute atomic E-state index is 14.0. The molecule has 3 aromatic rings. The minimum Gasteiger partial charge on any atom is -0.349 e. The Bertz CT molecular complexity index is 1520. The fourth-order valence-corrected chi connectivity index (χ4v) is 4.77. The molecule has 196 valence electrons. The van der Waals surface area contributed by atoms with Crippen LogP contribution in [0.1, 0.15) is 48.1 Å². The average molecular weight is 529 g/mol. The van der Waals surface area contributed by atoms with E-state index in [1.807, 2.05) is 24.3 Å². The number of halogens is 3. The summed E-state index contributed by atoms with van der Waals surface area (Å²) in [6.07, 6.45) is -4.66. The van der Waals surface area contributed by atoms with Crippen molar-refractivity contribution in [2.75, 3.05) is 4.90 Å². The van der Waals surface area contributed by atoms with Gasteiger partial charge in [0.15, 0.2) is 0 Å². The number of hydrogen-bond acceptors (Lipinski definition) is 4. The maximum atomic E-state index is 14.0. The molecule has 3 aromatic carbocycles. The van der Waals surface area contributed by atoms with E-state index < -0.39 is 41.4 Å². The highest BCUT2D eigenvalue weighted by Gasteiger charge is 2.47. The molecule has 1 aliphatic rings. The summed E-state index contributed by atoms with van der Waals surface area (Å²) in [7, 11) is 0. The quantitative estimate of drug-likeness (QED) is 0.411. The van der Waals surface area contributed by atoms with Crippen LogP contribution in [0.2, 0.25) is 0 Å². The molecule has 1 heterocycles. The second-order valence-corrected chi connectivity index (χ2v) is 9.16. The van der Waals surface area contributed by atoms with Gasteiger partial charge in [0.05, 0.1) is 34.9 Å². The second-order valence-electron chi connectivity index (χ2n) is 9.16. The third-order valence-electron chi connectivity index (χ3n) is 6.75. The molecular formula is C30H23F3N4O2. The van der Waals surface area contributed by atoms with Crippen LogP contribution in [0, 0.1) is 28.6 Å². The molecule has 0 saturated heterocycles. The van der Waals surface area contributed by atoms with Crippen LogP contribution in [0.25, 0.3) is 0 Å². The van der Waals surface area contributed by atoms with Crippen LogP contribution < -0.4 is 10.2 Å². The summed E-state index contributed by atoms with van der Waals surface area (Å²) in [6.45, 7) is 3.21. The number of rotatable bonds is 5. The first-order valence-corrected chi connectivity index (χ1v) is 12.0. The van der Waals surface area contributed by atoms with Gasteiger partial charge in [-0.05, 0) is 55.3 Å². The fraction of sp³-hybridized carbons (Fsp3) is 0.200. The van der Waals surface area contributed by atoms with Crippen molar-refractivity contribution in [2.24, 2.45) is 5.92 Å². The molecule has 1 N–H and O–H groups in total. The number of carbonyl (C=O) groups excluding carboxylic acids is 2. The van der Waals surface area contributed by atoms with E-state index in [1.165, 1.54) is 31.2 Å². The number of nitriles is 2. The van der Waals surface area contributed by atoms with Gasteiger partial charge in [-0.2, -0.15) is 23.7 Å². The van der Waals surface area contributed by atoms with Gasteiger partial charge in [0.1, 0.15) is 5.92 Å². The second kappa shape index (κ2) is 10.8. The normalized spacial score (nSPS) is 18.2. The summed E-state index contributed by atoms with van der Waals surface area (Å²) >= 11 is 0. The Morgan fingerprint density at radius 3 is 2.23 bits per heavy atom. The van der Waals surface area contributed by atoms with Gasteiger partial charge < -0.3 is 5.32 Å². The van der Waals surface area contributed by atoms with Gasteiger partial charge in [0.25, 0.3) is 0 Å². The number of nitrogens with zero attached hydrogens (tertiary/aromatic N) is 3. The highest BCUT2D eigenvalue weighted by molar-refractivity contribution is 6.12. The summed E-state index contributed by atoms with van der Waals surface area (Å²) < 4.78 is 40.4. The first-order valence-electron chi connectivity index (χ1n) is 12.0. The summed E-state index contributed by atoms with van der Waals surface area (Å²) in [5.74, 6) is -3.92. The predicted octanol–water partition coefficient (Wildman–Crippen LogP) is 6.00. The SMILES string of the molecule is CC1=C(C#N)C(c2ccc(C#N)cc2)C(C(=O)N[C@H](C)c2ccccc2)C(=O)N1c1cccc(C(F)(F)F)c1. The Kier molecular flexibility index (Phi) is 7.55. The molecule has 9 heteroatoms. The molecule has 0 saturated carbocycles. The van der Waals surface area contributed by atoms with Crippen LogP contribution in [0.5, 0.6) is 0 Å². The standard InChI is InChI=1S/C30H23F3N4O2/c1-18(21-7-4-3-5-8-21)36-28(38)27-26(22-13-11-20(16-34)12-14-22)25(17-35)19(2)37(29(27)39)24-10-6-9-23(15-24)30(31,32)33/h3-15,18,26-27H,1-2H3,(H,36,38)/t18-,26?,27?/m1/s1. The number of alkyl halides is 3. The van der Waals surface area contributed by atoms with Gasteiger partial charge in [0.2, 0.25) is 11.8 Å². The maximum Gasteiger partial charge on any atom is 0.416 e. The third-order valence-corrected chi connectivity index (χ3v) is 6.75. The van der Waals surface area contributed by atoms with Gasteiger partial charge in [-0.25, -0.2) is 0 Å². The Hall–Kier alpha value is -4.89. The van der Waals surface area contributed by atoms with Crippen molar-refractivity contribution in [3.8, 4) is 12.1 Å². The van der Waals surface area contributed by atoms with E-state index in [2.05, 4.69) is 11.4 Å². The minimum atomic E-state index is -4.66. The number of hydrogen-bond donors (Lipinski definition) is 1. The lowest BCUT2D eigenvalue weighted by Gasteiger charge is -2.38. The monoisotopic (exact) mass is 528 g/mol. The van der Waals surface area contributed by atoms with Crippen molar-refractivity contribution < 1.29 is 22.8 Å². The zero-order valence-electron chi connectivity index (χ0n) is 21.0. The van der Waals surface area contributed by atoms with Gasteiger partial charge in [-0.1, -0.05) is 48.5 Å². The van der Waals surface area contributed by atoms with Gasteiger partial charge in [-0.15, -0.1) is 0 Å². The van der Waals surface area contributed by atoms with Crippen LogP contribution in [0.15, 0.2) is 90.1 Å². The predicted molar refractivity (Wildman–Crippen MR) is 138 cm³/mol. The zero-order chi connectivity index (χ0) is 28.3. The van der Waals surface area contributed by atoms with Crippen molar-refractivity contribution in [1.82, 2.24) is 5.32 Å². The molecule has 0 fully saturated rings. The van der Waals surface area contributed by atoms with E-state index >= 15 is 0 Å². The van der Waals surface area contributed by atoms with E-state index in [-0.39, 0.29) is 17.0 Å². The number of amides is 2. The van der Waals surface area contributed by atoms with Crippen molar-refractivity contribution in [1.29, 1.82) is 10.5 Å². The van der Waals surface area contributed by atoms with Crippen molar-refractivity contribution in [2.45, 2.75) is 32.0 Å². The largest absolute Gasteiger partial charge is 0.416 e. The Morgan fingerprint density at radius 1 is 0.974 bits per heavy atom. The highest BCUT2D eigenvalue weighted by atomic mass is 19.4. The van der Waals surface area contributed by atoms with Gasteiger partial charge in [0, 0.05) is 17.3 Å². The number of allylic oxidation sites excluding steroid dienone is 2. The number of benzene rings is 3. The Morgan fingerprint density at radius 2 is 1.64 bits per heavy atom. The molecule has 0 radical (unpaired) electrons. The van der Waals surface area contributed by atoms with Crippen LogP contribution in [0.3, 0.4) is 0 Å². The molecule has 2 amide bonds. The van der Waals surface area contributed by atoms with Gasteiger partial charge in [-0.3, -0.25) is 14.5 Å². The highest BCUT2D eigenvalue weighted by Crippen LogP contribution is 2.43. The summed E-state index contributed by atoms with van der Waals surface area (Å²) in [4.78, 5) is 28.8. The van der Waals surface area contributed by atoms with Gasteiger partial charge >= 0.3 is 6.18 Å². The molecule has 0 spiro atoms. The third kappa shape index (κ3) is 5.39. The molecule has 0 aliphatic carbocycles. The zero-order valence-corrected chi connectivity index (χ0v) is 21.0. The van der Waals surface area contributed by atoms with Crippen molar-refractivity contribution >= 4 is 17.5 Å². The minimum absolute atomic E-state index is 0.0595. The molecule has 0 aromatic heterocycles. The first kappa shape index (κ1) is 27.2. The van der Waals surface area contributed by atoms with Crippen molar-refractivity contribution in [3.05, 3.63) is 112 Å². The van der Waals surface area contributed by atoms with E-state index in [0.29, 0.717) is 11.1 Å².